The van der Waals surface area contributed by atoms with Crippen molar-refractivity contribution in [1.29, 1.82) is 0 Å². The molecular formula is C16H21Br. The molecule has 0 aromatic heterocycles. The van der Waals surface area contributed by atoms with Crippen molar-refractivity contribution in [2.75, 3.05) is 0 Å². The Balaban J connectivity index is 1.74. The van der Waals surface area contributed by atoms with Gasteiger partial charge in [-0.1, -0.05) is 53.5 Å². The van der Waals surface area contributed by atoms with Gasteiger partial charge in [-0.2, -0.15) is 0 Å². The molecule has 2 bridgehead atoms. The van der Waals surface area contributed by atoms with E-state index in [-0.39, 0.29) is 0 Å². The van der Waals surface area contributed by atoms with Crippen molar-refractivity contribution >= 4 is 15.9 Å². The Kier molecular flexibility index (Phi) is 3.30. The summed E-state index contributed by atoms with van der Waals surface area (Å²) in [5.41, 5.74) is 2.93. The second kappa shape index (κ2) is 4.76. The highest BCUT2D eigenvalue weighted by molar-refractivity contribution is 9.09. The van der Waals surface area contributed by atoms with Gasteiger partial charge in [0.2, 0.25) is 0 Å². The number of fused-ring (bicyclic) bond motifs is 2. The fourth-order valence-corrected chi connectivity index (χ4v) is 4.79. The molecule has 4 atom stereocenters. The maximum atomic E-state index is 3.96. The van der Waals surface area contributed by atoms with E-state index in [9.17, 15) is 0 Å². The average molecular weight is 293 g/mol. The monoisotopic (exact) mass is 292 g/mol. The van der Waals surface area contributed by atoms with E-state index in [1.807, 2.05) is 0 Å². The van der Waals surface area contributed by atoms with Crippen molar-refractivity contribution in [2.45, 2.75) is 43.9 Å². The van der Waals surface area contributed by atoms with E-state index in [0.717, 1.165) is 24.2 Å². The van der Waals surface area contributed by atoms with Gasteiger partial charge in [-0.15, -0.1) is 0 Å². The van der Waals surface area contributed by atoms with E-state index in [2.05, 4.69) is 47.1 Å². The zero-order valence-electron chi connectivity index (χ0n) is 10.5. The minimum Gasteiger partial charge on any atom is -0.0836 e. The molecule has 1 aromatic rings. The van der Waals surface area contributed by atoms with Crippen LogP contribution in [0, 0.1) is 17.8 Å². The minimum atomic E-state index is 0.587. The van der Waals surface area contributed by atoms with Gasteiger partial charge in [0.25, 0.3) is 0 Å². The van der Waals surface area contributed by atoms with E-state index in [1.165, 1.54) is 36.8 Å². The molecule has 2 saturated carbocycles. The predicted molar refractivity (Wildman–Crippen MR) is 76.4 cm³/mol. The van der Waals surface area contributed by atoms with Crippen LogP contribution in [0.2, 0.25) is 0 Å². The third-order valence-corrected chi connectivity index (χ3v) is 6.08. The summed E-state index contributed by atoms with van der Waals surface area (Å²) < 4.78 is 0. The van der Waals surface area contributed by atoms with Crippen molar-refractivity contribution in [2.24, 2.45) is 17.8 Å². The largest absolute Gasteiger partial charge is 0.0836 e. The molecule has 0 N–H and O–H groups in total. The summed E-state index contributed by atoms with van der Waals surface area (Å²) in [5, 5.41) is 0. The first kappa shape index (κ1) is 11.8. The summed E-state index contributed by atoms with van der Waals surface area (Å²) in [6.45, 7) is 2.22. The molecule has 0 heterocycles. The molecule has 0 saturated heterocycles. The first-order valence-corrected chi connectivity index (χ1v) is 7.92. The van der Waals surface area contributed by atoms with Crippen molar-refractivity contribution in [3.05, 3.63) is 35.4 Å². The van der Waals surface area contributed by atoms with Gasteiger partial charge in [-0.3, -0.25) is 0 Å². The van der Waals surface area contributed by atoms with E-state index < -0.39 is 0 Å². The molecular weight excluding hydrogens is 272 g/mol. The standard InChI is InChI=1S/C16H21Br/c1-2-11-3-6-13(7-4-11)16(17)15-10-12-5-8-14(15)9-12/h3-4,6-7,12,14-16H,2,5,8-10H2,1H3. The van der Waals surface area contributed by atoms with Crippen molar-refractivity contribution in [3.63, 3.8) is 0 Å². The van der Waals surface area contributed by atoms with Gasteiger partial charge in [0.15, 0.2) is 0 Å². The van der Waals surface area contributed by atoms with Crippen molar-refractivity contribution < 1.29 is 0 Å². The summed E-state index contributed by atoms with van der Waals surface area (Å²) in [7, 11) is 0. The number of benzene rings is 1. The number of halogens is 1. The molecule has 0 nitrogen and oxygen atoms in total. The number of alkyl halides is 1. The van der Waals surface area contributed by atoms with Crippen LogP contribution in [-0.4, -0.2) is 0 Å². The second-order valence-electron chi connectivity index (χ2n) is 5.84. The Morgan fingerprint density at radius 2 is 1.94 bits per heavy atom. The molecule has 0 aliphatic heterocycles. The molecule has 2 aliphatic carbocycles. The fourth-order valence-electron chi connectivity index (χ4n) is 3.84. The van der Waals surface area contributed by atoms with Crippen LogP contribution >= 0.6 is 15.9 Å². The molecule has 0 radical (unpaired) electrons. The molecule has 0 spiro atoms. The first-order chi connectivity index (χ1) is 8.28. The molecule has 2 aliphatic rings. The fraction of sp³-hybridized carbons (Fsp3) is 0.625. The molecule has 17 heavy (non-hydrogen) atoms. The van der Waals surface area contributed by atoms with E-state index in [1.54, 1.807) is 0 Å². The van der Waals surface area contributed by atoms with Crippen LogP contribution in [0.4, 0.5) is 0 Å². The number of hydrogen-bond donors (Lipinski definition) is 0. The summed E-state index contributed by atoms with van der Waals surface area (Å²) in [4.78, 5) is 0.587. The van der Waals surface area contributed by atoms with Gasteiger partial charge in [0, 0.05) is 4.83 Å². The highest BCUT2D eigenvalue weighted by Crippen LogP contribution is 2.54. The van der Waals surface area contributed by atoms with Crippen LogP contribution in [-0.2, 0) is 6.42 Å². The number of aryl methyl sites for hydroxylation is 1. The van der Waals surface area contributed by atoms with Crippen LogP contribution < -0.4 is 0 Å². The van der Waals surface area contributed by atoms with Crippen LogP contribution in [0.5, 0.6) is 0 Å². The average Bonchev–Trinajstić information content (AvgIpc) is 3.00. The Labute approximate surface area is 113 Å². The van der Waals surface area contributed by atoms with Gasteiger partial charge < -0.3 is 0 Å². The number of rotatable bonds is 3. The lowest BCUT2D eigenvalue weighted by Gasteiger charge is -2.27. The van der Waals surface area contributed by atoms with Crippen LogP contribution in [0.15, 0.2) is 24.3 Å². The predicted octanol–water partition coefficient (Wildman–Crippen LogP) is 5.12. The molecule has 1 aromatic carbocycles. The zero-order valence-corrected chi connectivity index (χ0v) is 12.1. The SMILES string of the molecule is CCc1ccc(C(Br)C2CC3CCC2C3)cc1. The Morgan fingerprint density at radius 1 is 1.18 bits per heavy atom. The maximum absolute atomic E-state index is 3.96. The van der Waals surface area contributed by atoms with Gasteiger partial charge in [-0.25, -0.2) is 0 Å². The lowest BCUT2D eigenvalue weighted by Crippen LogP contribution is -2.15. The summed E-state index contributed by atoms with van der Waals surface area (Å²) in [6, 6.07) is 9.22. The van der Waals surface area contributed by atoms with Gasteiger partial charge in [-0.05, 0) is 54.6 Å². The molecule has 0 amide bonds. The maximum Gasteiger partial charge on any atom is 0.0426 e. The molecule has 3 rings (SSSR count). The number of hydrogen-bond acceptors (Lipinski definition) is 0. The molecule has 92 valence electrons. The minimum absolute atomic E-state index is 0.587. The van der Waals surface area contributed by atoms with E-state index in [4.69, 9.17) is 0 Å². The summed E-state index contributed by atoms with van der Waals surface area (Å²) in [5.74, 6) is 2.93. The summed E-state index contributed by atoms with van der Waals surface area (Å²) in [6.07, 6.45) is 7.07. The highest BCUT2D eigenvalue weighted by atomic mass is 79.9. The van der Waals surface area contributed by atoms with E-state index >= 15 is 0 Å². The Bertz CT molecular complexity index is 381. The third kappa shape index (κ3) is 2.19. The Morgan fingerprint density at radius 3 is 2.47 bits per heavy atom. The Hall–Kier alpha value is -0.300. The quantitative estimate of drug-likeness (QED) is 0.678. The van der Waals surface area contributed by atoms with Gasteiger partial charge in [0.1, 0.15) is 0 Å². The van der Waals surface area contributed by atoms with Crippen LogP contribution in [0.3, 0.4) is 0 Å². The molecule has 4 unspecified atom stereocenters. The third-order valence-electron chi connectivity index (χ3n) is 4.88. The lowest BCUT2D eigenvalue weighted by molar-refractivity contribution is 0.329. The lowest BCUT2D eigenvalue weighted by atomic mass is 9.84. The van der Waals surface area contributed by atoms with Crippen LogP contribution in [0.25, 0.3) is 0 Å². The first-order valence-electron chi connectivity index (χ1n) is 7.01. The second-order valence-corrected chi connectivity index (χ2v) is 6.82. The topological polar surface area (TPSA) is 0 Å². The highest BCUT2D eigenvalue weighted by Gasteiger charge is 2.42. The van der Waals surface area contributed by atoms with Crippen LogP contribution in [0.1, 0.15) is 48.6 Å². The summed E-state index contributed by atoms with van der Waals surface area (Å²) >= 11 is 3.96. The van der Waals surface area contributed by atoms with Gasteiger partial charge >= 0.3 is 0 Å². The van der Waals surface area contributed by atoms with Crippen molar-refractivity contribution in [3.8, 4) is 0 Å². The van der Waals surface area contributed by atoms with Gasteiger partial charge in [0.05, 0.1) is 0 Å². The zero-order chi connectivity index (χ0) is 11.8. The van der Waals surface area contributed by atoms with Crippen molar-refractivity contribution in [1.82, 2.24) is 0 Å². The van der Waals surface area contributed by atoms with E-state index in [0.29, 0.717) is 4.83 Å². The molecule has 1 heteroatoms. The smallest absolute Gasteiger partial charge is 0.0426 e. The normalized spacial score (nSPS) is 32.9. The molecule has 2 fully saturated rings.